The van der Waals surface area contributed by atoms with Crippen molar-refractivity contribution in [2.45, 2.75) is 219 Å². The molecule has 0 rings (SSSR count). The number of rotatable bonds is 33. The third-order valence-electron chi connectivity index (χ3n) is 8.28. The molecule has 1 unspecified atom stereocenters. The fourth-order valence-corrected chi connectivity index (χ4v) is 5.53. The van der Waals surface area contributed by atoms with Crippen molar-refractivity contribution in [2.75, 3.05) is 6.61 Å². The highest BCUT2D eigenvalue weighted by molar-refractivity contribution is 5.70. The predicted molar refractivity (Wildman–Crippen MR) is 176 cm³/mol. The fourth-order valence-electron chi connectivity index (χ4n) is 5.53. The molecule has 0 bridgehead atoms. The Morgan fingerprint density at radius 3 is 1.00 bits per heavy atom. The third kappa shape index (κ3) is 33.3. The molecule has 4 heteroatoms. The minimum absolute atomic E-state index is 0.167. The van der Waals surface area contributed by atoms with Crippen LogP contribution in [-0.2, 0) is 19.1 Å². The lowest BCUT2D eigenvalue weighted by Crippen LogP contribution is -2.22. The molecule has 0 heterocycles. The Balaban J connectivity index is 3.39. The number of hydrogen-bond donors (Lipinski definition) is 0. The molecule has 0 aromatic carbocycles. The maximum Gasteiger partial charge on any atom is 0.306 e. The van der Waals surface area contributed by atoms with E-state index in [1.165, 1.54) is 154 Å². The van der Waals surface area contributed by atoms with Gasteiger partial charge in [0, 0.05) is 12.8 Å². The molecule has 0 aliphatic heterocycles. The zero-order valence-corrected chi connectivity index (χ0v) is 28.1. The van der Waals surface area contributed by atoms with Crippen molar-refractivity contribution in [3.8, 4) is 0 Å². The van der Waals surface area contributed by atoms with E-state index in [4.69, 9.17) is 9.47 Å². The van der Waals surface area contributed by atoms with Gasteiger partial charge in [0.25, 0.3) is 0 Å². The standard InChI is InChI=1S/C37H72O4/c1-4-6-8-10-12-14-16-18-19-20-21-23-24-26-28-30-32-36(38)40-34-35(3)41-37(39)33-31-29-27-25-22-17-15-13-11-9-7-5-2/h35H,4-34H2,1-3H3. The van der Waals surface area contributed by atoms with E-state index < -0.39 is 0 Å². The van der Waals surface area contributed by atoms with Gasteiger partial charge in [0.15, 0.2) is 0 Å². The molecule has 244 valence electrons. The Hall–Kier alpha value is -1.06. The summed E-state index contributed by atoms with van der Waals surface area (Å²) in [7, 11) is 0. The molecule has 41 heavy (non-hydrogen) atoms. The van der Waals surface area contributed by atoms with E-state index in [-0.39, 0.29) is 24.6 Å². The molecule has 0 spiro atoms. The van der Waals surface area contributed by atoms with Crippen molar-refractivity contribution in [2.24, 2.45) is 0 Å². The van der Waals surface area contributed by atoms with Crippen molar-refractivity contribution in [3.63, 3.8) is 0 Å². The van der Waals surface area contributed by atoms with Crippen LogP contribution in [0.3, 0.4) is 0 Å². The van der Waals surface area contributed by atoms with Gasteiger partial charge in [-0.1, -0.05) is 181 Å². The molecule has 0 N–H and O–H groups in total. The lowest BCUT2D eigenvalue weighted by molar-refractivity contribution is -0.158. The van der Waals surface area contributed by atoms with Crippen LogP contribution < -0.4 is 0 Å². The van der Waals surface area contributed by atoms with E-state index in [1.54, 1.807) is 0 Å². The Kier molecular flexibility index (Phi) is 32.6. The van der Waals surface area contributed by atoms with E-state index in [2.05, 4.69) is 13.8 Å². The highest BCUT2D eigenvalue weighted by Gasteiger charge is 2.12. The molecule has 4 nitrogen and oxygen atoms in total. The molecule has 0 aromatic rings. The first-order valence-corrected chi connectivity index (χ1v) is 18.4. The van der Waals surface area contributed by atoms with Gasteiger partial charge in [0.2, 0.25) is 0 Å². The first-order chi connectivity index (χ1) is 20.1. The van der Waals surface area contributed by atoms with Crippen LogP contribution in [0.15, 0.2) is 0 Å². The second kappa shape index (κ2) is 33.4. The predicted octanol–water partition coefficient (Wildman–Crippen LogP) is 12.2. The van der Waals surface area contributed by atoms with Gasteiger partial charge in [-0.25, -0.2) is 0 Å². The van der Waals surface area contributed by atoms with Crippen molar-refractivity contribution in [1.29, 1.82) is 0 Å². The summed E-state index contributed by atoms with van der Waals surface area (Å²) in [5.41, 5.74) is 0. The number of ether oxygens (including phenoxy) is 2. The van der Waals surface area contributed by atoms with Crippen LogP contribution in [-0.4, -0.2) is 24.6 Å². The molecule has 0 saturated heterocycles. The molecular formula is C37H72O4. The monoisotopic (exact) mass is 581 g/mol. The third-order valence-corrected chi connectivity index (χ3v) is 8.28. The Labute approximate surface area is 256 Å². The van der Waals surface area contributed by atoms with Gasteiger partial charge in [-0.3, -0.25) is 9.59 Å². The summed E-state index contributed by atoms with van der Waals surface area (Å²) in [5, 5.41) is 0. The molecule has 0 aromatic heterocycles. The average molecular weight is 581 g/mol. The van der Waals surface area contributed by atoms with Gasteiger partial charge in [-0.05, 0) is 19.8 Å². The Morgan fingerprint density at radius 2 is 0.683 bits per heavy atom. The lowest BCUT2D eigenvalue weighted by Gasteiger charge is -2.13. The maximum atomic E-state index is 12.1. The molecule has 0 amide bonds. The van der Waals surface area contributed by atoms with E-state index in [1.807, 2.05) is 6.92 Å². The van der Waals surface area contributed by atoms with Crippen LogP contribution in [0.4, 0.5) is 0 Å². The summed E-state index contributed by atoms with van der Waals surface area (Å²) in [5.74, 6) is -0.336. The minimum Gasteiger partial charge on any atom is -0.462 e. The number of carbonyl (C=O) groups excluding carboxylic acids is 2. The molecule has 1 atom stereocenters. The summed E-state index contributed by atoms with van der Waals surface area (Å²) in [6.07, 6.45) is 37.2. The SMILES string of the molecule is CCCCCCCCCCCCCCCCCCC(=O)OCC(C)OC(=O)CCCCCCCCCCCCCC. The quantitative estimate of drug-likeness (QED) is 0.0572. The number of carbonyl (C=O) groups is 2. The van der Waals surface area contributed by atoms with Crippen molar-refractivity contribution < 1.29 is 19.1 Å². The first kappa shape index (κ1) is 39.9. The summed E-state index contributed by atoms with van der Waals surface area (Å²) >= 11 is 0. The summed E-state index contributed by atoms with van der Waals surface area (Å²) in [6.45, 7) is 6.52. The average Bonchev–Trinajstić information content (AvgIpc) is 2.96. The molecular weight excluding hydrogens is 508 g/mol. The molecule has 0 fully saturated rings. The van der Waals surface area contributed by atoms with Gasteiger partial charge in [-0.15, -0.1) is 0 Å². The van der Waals surface area contributed by atoms with Crippen LogP contribution in [0, 0.1) is 0 Å². The smallest absolute Gasteiger partial charge is 0.306 e. The van der Waals surface area contributed by atoms with Crippen LogP contribution in [0.1, 0.15) is 213 Å². The molecule has 0 saturated carbocycles. The van der Waals surface area contributed by atoms with E-state index in [9.17, 15) is 9.59 Å². The molecule has 0 aliphatic rings. The maximum absolute atomic E-state index is 12.1. The van der Waals surface area contributed by atoms with E-state index >= 15 is 0 Å². The first-order valence-electron chi connectivity index (χ1n) is 18.4. The Morgan fingerprint density at radius 1 is 0.415 bits per heavy atom. The number of esters is 2. The van der Waals surface area contributed by atoms with Gasteiger partial charge in [0.05, 0.1) is 0 Å². The minimum atomic E-state index is -0.366. The summed E-state index contributed by atoms with van der Waals surface area (Å²) < 4.78 is 10.7. The van der Waals surface area contributed by atoms with Crippen LogP contribution >= 0.6 is 0 Å². The molecule has 0 radical (unpaired) electrons. The van der Waals surface area contributed by atoms with Crippen molar-refractivity contribution in [1.82, 2.24) is 0 Å². The zero-order valence-electron chi connectivity index (χ0n) is 28.1. The summed E-state index contributed by atoms with van der Waals surface area (Å²) in [6, 6.07) is 0. The fraction of sp³-hybridized carbons (Fsp3) is 0.946. The molecule has 0 aliphatic carbocycles. The zero-order chi connectivity index (χ0) is 30.1. The van der Waals surface area contributed by atoms with Crippen LogP contribution in [0.5, 0.6) is 0 Å². The topological polar surface area (TPSA) is 52.6 Å². The second-order valence-corrected chi connectivity index (χ2v) is 12.7. The largest absolute Gasteiger partial charge is 0.462 e. The highest BCUT2D eigenvalue weighted by Crippen LogP contribution is 2.15. The van der Waals surface area contributed by atoms with Gasteiger partial charge in [-0.2, -0.15) is 0 Å². The second-order valence-electron chi connectivity index (χ2n) is 12.7. The van der Waals surface area contributed by atoms with Gasteiger partial charge >= 0.3 is 11.9 Å². The number of hydrogen-bond acceptors (Lipinski definition) is 4. The van der Waals surface area contributed by atoms with E-state index in [0.717, 1.165) is 25.7 Å². The number of unbranched alkanes of at least 4 members (excludes halogenated alkanes) is 26. The normalized spacial score (nSPS) is 12.0. The van der Waals surface area contributed by atoms with Crippen molar-refractivity contribution in [3.05, 3.63) is 0 Å². The van der Waals surface area contributed by atoms with Gasteiger partial charge < -0.3 is 9.47 Å². The van der Waals surface area contributed by atoms with Crippen LogP contribution in [0.25, 0.3) is 0 Å². The van der Waals surface area contributed by atoms with Gasteiger partial charge in [0.1, 0.15) is 12.7 Å². The Bertz CT molecular complexity index is 547. The van der Waals surface area contributed by atoms with E-state index in [0.29, 0.717) is 12.8 Å². The highest BCUT2D eigenvalue weighted by atomic mass is 16.6. The van der Waals surface area contributed by atoms with Crippen LogP contribution in [0.2, 0.25) is 0 Å². The summed E-state index contributed by atoms with van der Waals surface area (Å²) in [4.78, 5) is 24.1. The lowest BCUT2D eigenvalue weighted by atomic mass is 10.0. The van der Waals surface area contributed by atoms with Crippen molar-refractivity contribution >= 4 is 11.9 Å².